The monoisotopic (exact) mass is 318 g/mol. The van der Waals surface area contributed by atoms with E-state index in [1.165, 1.54) is 11.3 Å². The first kappa shape index (κ1) is 14.9. The molecule has 0 atom stereocenters. The molecule has 0 aliphatic heterocycles. The van der Waals surface area contributed by atoms with Crippen LogP contribution in [0.5, 0.6) is 6.01 Å². The molecule has 0 unspecified atom stereocenters. The fourth-order valence-electron chi connectivity index (χ4n) is 2.55. The standard InChI is InChI=1S/C15H18N4O2S/c1-10-18-13(9-22-10)14(20)19-11-3-5-12(6-4-11)21-15-16-7-2-8-17-15/h2,7-9,11-12H,3-6H2,1H3,(H,19,20). The Balaban J connectivity index is 1.46. The van der Waals surface area contributed by atoms with Crippen LogP contribution in [-0.4, -0.2) is 33.0 Å². The Hall–Kier alpha value is -2.02. The molecule has 7 heteroatoms. The second kappa shape index (κ2) is 6.83. The molecule has 1 aliphatic carbocycles. The largest absolute Gasteiger partial charge is 0.460 e. The highest BCUT2D eigenvalue weighted by Crippen LogP contribution is 2.22. The highest BCUT2D eigenvalue weighted by molar-refractivity contribution is 7.09. The van der Waals surface area contributed by atoms with Gasteiger partial charge in [-0.25, -0.2) is 15.0 Å². The predicted octanol–water partition coefficient (Wildman–Crippen LogP) is 2.36. The summed E-state index contributed by atoms with van der Waals surface area (Å²) in [7, 11) is 0. The first-order valence-electron chi connectivity index (χ1n) is 7.37. The zero-order chi connectivity index (χ0) is 15.4. The van der Waals surface area contributed by atoms with Crippen molar-refractivity contribution in [1.29, 1.82) is 0 Å². The fourth-order valence-corrected chi connectivity index (χ4v) is 3.14. The number of aromatic nitrogens is 3. The number of thiazole rings is 1. The van der Waals surface area contributed by atoms with Crippen molar-refractivity contribution in [2.75, 3.05) is 0 Å². The Morgan fingerprint density at radius 1 is 1.27 bits per heavy atom. The van der Waals surface area contributed by atoms with E-state index in [1.807, 2.05) is 6.92 Å². The van der Waals surface area contributed by atoms with Gasteiger partial charge in [0.2, 0.25) is 0 Å². The summed E-state index contributed by atoms with van der Waals surface area (Å²) in [6.07, 6.45) is 7.03. The number of nitrogens with zero attached hydrogens (tertiary/aromatic N) is 3. The maximum atomic E-state index is 12.1. The maximum absolute atomic E-state index is 12.1. The summed E-state index contributed by atoms with van der Waals surface area (Å²) in [6, 6.07) is 2.37. The van der Waals surface area contributed by atoms with Crippen LogP contribution in [-0.2, 0) is 0 Å². The van der Waals surface area contributed by atoms with Gasteiger partial charge in [-0.3, -0.25) is 4.79 Å². The third-order valence-corrected chi connectivity index (χ3v) is 4.45. The lowest BCUT2D eigenvalue weighted by molar-refractivity contribution is 0.0881. The summed E-state index contributed by atoms with van der Waals surface area (Å²) in [4.78, 5) is 24.4. The predicted molar refractivity (Wildman–Crippen MR) is 83.0 cm³/mol. The molecule has 1 fully saturated rings. The van der Waals surface area contributed by atoms with Crippen LogP contribution in [0.15, 0.2) is 23.8 Å². The summed E-state index contributed by atoms with van der Waals surface area (Å²) in [5.41, 5.74) is 0.513. The minimum Gasteiger partial charge on any atom is -0.460 e. The summed E-state index contributed by atoms with van der Waals surface area (Å²) in [5, 5.41) is 5.76. The van der Waals surface area contributed by atoms with E-state index in [0.717, 1.165) is 30.7 Å². The highest BCUT2D eigenvalue weighted by Gasteiger charge is 2.25. The summed E-state index contributed by atoms with van der Waals surface area (Å²) < 4.78 is 5.75. The molecule has 1 amide bonds. The molecule has 6 nitrogen and oxygen atoms in total. The number of hydrogen-bond donors (Lipinski definition) is 1. The summed E-state index contributed by atoms with van der Waals surface area (Å²) >= 11 is 1.49. The van der Waals surface area contributed by atoms with Gasteiger partial charge in [0, 0.05) is 23.8 Å². The van der Waals surface area contributed by atoms with Gasteiger partial charge in [-0.15, -0.1) is 11.3 Å². The van der Waals surface area contributed by atoms with Gasteiger partial charge >= 0.3 is 6.01 Å². The number of amides is 1. The van der Waals surface area contributed by atoms with Crippen LogP contribution in [0, 0.1) is 6.92 Å². The van der Waals surface area contributed by atoms with E-state index in [-0.39, 0.29) is 18.1 Å². The maximum Gasteiger partial charge on any atom is 0.316 e. The van der Waals surface area contributed by atoms with Crippen LogP contribution in [0.25, 0.3) is 0 Å². The normalized spacial score (nSPS) is 21.3. The van der Waals surface area contributed by atoms with Crippen LogP contribution < -0.4 is 10.1 Å². The first-order valence-corrected chi connectivity index (χ1v) is 8.25. The molecule has 0 bridgehead atoms. The zero-order valence-electron chi connectivity index (χ0n) is 12.4. The summed E-state index contributed by atoms with van der Waals surface area (Å²) in [5.74, 6) is -0.0832. The second-order valence-electron chi connectivity index (χ2n) is 5.35. The van der Waals surface area contributed by atoms with E-state index in [2.05, 4.69) is 20.3 Å². The lowest BCUT2D eigenvalue weighted by atomic mass is 9.93. The average Bonchev–Trinajstić information content (AvgIpc) is 2.97. The Kier molecular flexibility index (Phi) is 4.62. The minimum absolute atomic E-state index is 0.0832. The van der Waals surface area contributed by atoms with E-state index in [9.17, 15) is 4.79 Å². The van der Waals surface area contributed by atoms with Gasteiger partial charge in [0.15, 0.2) is 0 Å². The van der Waals surface area contributed by atoms with Crippen LogP contribution in [0.3, 0.4) is 0 Å². The van der Waals surface area contributed by atoms with Crippen molar-refractivity contribution in [3.63, 3.8) is 0 Å². The van der Waals surface area contributed by atoms with E-state index in [4.69, 9.17) is 4.74 Å². The molecule has 0 spiro atoms. The molecule has 2 aromatic heterocycles. The smallest absolute Gasteiger partial charge is 0.316 e. The van der Waals surface area contributed by atoms with Crippen molar-refractivity contribution in [2.24, 2.45) is 0 Å². The molecule has 2 aromatic rings. The molecule has 2 heterocycles. The minimum atomic E-state index is -0.0832. The fraction of sp³-hybridized carbons (Fsp3) is 0.467. The van der Waals surface area contributed by atoms with Gasteiger partial charge in [-0.2, -0.15) is 0 Å². The van der Waals surface area contributed by atoms with Crippen LogP contribution in [0.1, 0.15) is 41.2 Å². The number of carbonyl (C=O) groups is 1. The highest BCUT2D eigenvalue weighted by atomic mass is 32.1. The van der Waals surface area contributed by atoms with Crippen molar-refractivity contribution in [3.8, 4) is 6.01 Å². The molecular weight excluding hydrogens is 300 g/mol. The molecule has 116 valence electrons. The third kappa shape index (κ3) is 3.79. The zero-order valence-corrected chi connectivity index (χ0v) is 13.2. The number of hydrogen-bond acceptors (Lipinski definition) is 6. The van der Waals surface area contributed by atoms with Crippen LogP contribution in [0.2, 0.25) is 0 Å². The van der Waals surface area contributed by atoms with E-state index in [0.29, 0.717) is 11.7 Å². The SMILES string of the molecule is Cc1nc(C(=O)NC2CCC(Oc3ncccn3)CC2)cs1. The number of rotatable bonds is 4. The molecule has 0 saturated heterocycles. The van der Waals surface area contributed by atoms with Crippen molar-refractivity contribution in [3.05, 3.63) is 34.5 Å². The molecule has 0 aromatic carbocycles. The Bertz CT molecular complexity index is 623. The van der Waals surface area contributed by atoms with Gasteiger partial charge < -0.3 is 10.1 Å². The third-order valence-electron chi connectivity index (χ3n) is 3.68. The molecule has 1 saturated carbocycles. The van der Waals surface area contributed by atoms with E-state index in [1.54, 1.807) is 23.8 Å². The Morgan fingerprint density at radius 2 is 2.00 bits per heavy atom. The summed E-state index contributed by atoms with van der Waals surface area (Å²) in [6.45, 7) is 1.90. The number of aryl methyl sites for hydroxylation is 1. The van der Waals surface area contributed by atoms with Crippen molar-refractivity contribution < 1.29 is 9.53 Å². The van der Waals surface area contributed by atoms with Crippen LogP contribution in [0.4, 0.5) is 0 Å². The lowest BCUT2D eigenvalue weighted by Gasteiger charge is -2.28. The molecular formula is C15H18N4O2S. The van der Waals surface area contributed by atoms with Gasteiger partial charge in [-0.1, -0.05) is 0 Å². The van der Waals surface area contributed by atoms with Gasteiger partial charge in [0.05, 0.1) is 5.01 Å². The molecule has 1 aliphatic rings. The first-order chi connectivity index (χ1) is 10.7. The molecule has 1 N–H and O–H groups in total. The van der Waals surface area contributed by atoms with E-state index < -0.39 is 0 Å². The molecule has 22 heavy (non-hydrogen) atoms. The molecule has 0 radical (unpaired) electrons. The van der Waals surface area contributed by atoms with Crippen LogP contribution >= 0.6 is 11.3 Å². The molecule has 3 rings (SSSR count). The lowest BCUT2D eigenvalue weighted by Crippen LogP contribution is -2.39. The average molecular weight is 318 g/mol. The van der Waals surface area contributed by atoms with Crippen molar-refractivity contribution in [1.82, 2.24) is 20.3 Å². The number of carbonyl (C=O) groups excluding carboxylic acids is 1. The van der Waals surface area contributed by atoms with Crippen molar-refractivity contribution in [2.45, 2.75) is 44.8 Å². The van der Waals surface area contributed by atoms with Crippen molar-refractivity contribution >= 4 is 17.2 Å². The van der Waals surface area contributed by atoms with Gasteiger partial charge in [0.1, 0.15) is 11.8 Å². The Morgan fingerprint density at radius 3 is 2.64 bits per heavy atom. The quantitative estimate of drug-likeness (QED) is 0.936. The second-order valence-corrected chi connectivity index (χ2v) is 6.41. The topological polar surface area (TPSA) is 77.0 Å². The van der Waals surface area contributed by atoms with Gasteiger partial charge in [0.25, 0.3) is 5.91 Å². The Labute approximate surface area is 133 Å². The number of nitrogens with one attached hydrogen (secondary N) is 1. The van der Waals surface area contributed by atoms with E-state index >= 15 is 0 Å². The van der Waals surface area contributed by atoms with Gasteiger partial charge in [-0.05, 0) is 38.7 Å². The number of ether oxygens (including phenoxy) is 1.